The van der Waals surface area contributed by atoms with Crippen LogP contribution >= 0.6 is 36.3 Å². The van der Waals surface area contributed by atoms with Gasteiger partial charge in [0, 0.05) is 54.8 Å². The molecule has 186 valence electrons. The van der Waals surface area contributed by atoms with Gasteiger partial charge in [-0.15, -0.1) is 11.8 Å². The number of thioether (sulfide) groups is 1. The molecule has 0 amide bonds. The molecule has 2 fully saturated rings. The zero-order valence-corrected chi connectivity index (χ0v) is 23.5. The van der Waals surface area contributed by atoms with E-state index >= 15 is 0 Å². The van der Waals surface area contributed by atoms with Crippen LogP contribution in [0.15, 0.2) is 35.2 Å². The van der Waals surface area contributed by atoms with Crippen molar-refractivity contribution in [2.24, 2.45) is 5.41 Å². The lowest BCUT2D eigenvalue weighted by atomic mass is 9.82. The fourth-order valence-electron chi connectivity index (χ4n) is 4.70. The highest BCUT2D eigenvalue weighted by molar-refractivity contribution is 8.03. The van der Waals surface area contributed by atoms with Crippen molar-refractivity contribution in [1.82, 2.24) is 9.80 Å². The van der Waals surface area contributed by atoms with Crippen molar-refractivity contribution < 1.29 is 5.11 Å². The molecule has 2 saturated heterocycles. The van der Waals surface area contributed by atoms with Gasteiger partial charge in [-0.3, -0.25) is 4.90 Å². The molecule has 0 spiro atoms. The normalized spacial score (nSPS) is 23.1. The number of thiol groups is 1. The van der Waals surface area contributed by atoms with Crippen molar-refractivity contribution in [3.63, 3.8) is 0 Å². The molecule has 33 heavy (non-hydrogen) atoms. The van der Waals surface area contributed by atoms with Gasteiger partial charge in [0.25, 0.3) is 0 Å². The molecule has 2 atom stereocenters. The molecule has 2 N–H and O–H groups in total. The topological polar surface area (TPSA) is 38.7 Å². The minimum atomic E-state index is -0.489. The molecule has 0 aliphatic carbocycles. The van der Waals surface area contributed by atoms with E-state index in [-0.39, 0.29) is 5.41 Å². The molecule has 3 rings (SSSR count). The summed E-state index contributed by atoms with van der Waals surface area (Å²) in [7, 11) is 0. The molecule has 1 unspecified atom stereocenters. The van der Waals surface area contributed by atoms with Gasteiger partial charge in [0.1, 0.15) is 0 Å². The second kappa shape index (κ2) is 12.1. The van der Waals surface area contributed by atoms with E-state index in [0.717, 1.165) is 57.1 Å². The fraction of sp³-hybridized carbons (Fsp3) is 0.692. The third-order valence-corrected chi connectivity index (χ3v) is 9.58. The van der Waals surface area contributed by atoms with E-state index in [1.54, 1.807) is 0 Å². The number of aryl methyl sites for hydroxylation is 1. The van der Waals surface area contributed by atoms with E-state index < -0.39 is 5.60 Å². The van der Waals surface area contributed by atoms with Gasteiger partial charge in [0.15, 0.2) is 0 Å². The molecule has 0 bridgehead atoms. The molecule has 7 heteroatoms. The molecule has 0 radical (unpaired) electrons. The first-order valence-corrected chi connectivity index (χ1v) is 14.7. The number of likely N-dealkylation sites (tertiary alicyclic amines) is 1. The zero-order valence-electron chi connectivity index (χ0n) is 21.0. The van der Waals surface area contributed by atoms with E-state index in [0.29, 0.717) is 11.3 Å². The van der Waals surface area contributed by atoms with Gasteiger partial charge < -0.3 is 14.7 Å². The van der Waals surface area contributed by atoms with Crippen molar-refractivity contribution in [3.8, 4) is 0 Å². The Morgan fingerprint density at radius 2 is 1.94 bits per heavy atom. The zero-order chi connectivity index (χ0) is 24.1. The third-order valence-electron chi connectivity index (χ3n) is 7.01. The molecule has 2 aliphatic heterocycles. The molecule has 4 nitrogen and oxygen atoms in total. The molecule has 2 heterocycles. The van der Waals surface area contributed by atoms with Crippen LogP contribution in [0, 0.1) is 12.3 Å². The third kappa shape index (κ3) is 8.11. The van der Waals surface area contributed by atoms with Crippen molar-refractivity contribution in [1.29, 1.82) is 0 Å². The van der Waals surface area contributed by atoms with Gasteiger partial charge in [-0.2, -0.15) is 12.6 Å². The van der Waals surface area contributed by atoms with Crippen LogP contribution in [0.4, 0.5) is 5.69 Å². The molecule has 2 aliphatic rings. The summed E-state index contributed by atoms with van der Waals surface area (Å²) in [5.74, 6) is 1.91. The monoisotopic (exact) mass is 509 g/mol. The van der Waals surface area contributed by atoms with Crippen LogP contribution in [-0.4, -0.2) is 69.6 Å². The van der Waals surface area contributed by atoms with E-state index in [2.05, 4.69) is 72.6 Å². The number of aliphatic hydroxyl groups is 1. The maximum Gasteiger partial charge on any atom is 0.0644 e. The smallest absolute Gasteiger partial charge is 0.0644 e. The minimum Gasteiger partial charge on any atom is -0.390 e. The molecular weight excluding hydrogens is 467 g/mol. The highest BCUT2D eigenvalue weighted by Gasteiger charge is 2.38. The highest BCUT2D eigenvalue weighted by atomic mass is 32.2. The first-order chi connectivity index (χ1) is 15.6. The van der Waals surface area contributed by atoms with E-state index in [4.69, 9.17) is 12.6 Å². The Labute approximate surface area is 215 Å². The van der Waals surface area contributed by atoms with Crippen LogP contribution in [0.2, 0.25) is 0 Å². The summed E-state index contributed by atoms with van der Waals surface area (Å²) in [6.07, 6.45) is 5.31. The summed E-state index contributed by atoms with van der Waals surface area (Å²) in [6, 6.07) is 9.03. The van der Waals surface area contributed by atoms with Gasteiger partial charge >= 0.3 is 0 Å². The summed E-state index contributed by atoms with van der Waals surface area (Å²) < 4.78 is 3.53. The van der Waals surface area contributed by atoms with Gasteiger partial charge in [-0.1, -0.05) is 44.5 Å². The molecule has 1 aromatic carbocycles. The number of piperidine rings is 1. The average Bonchev–Trinajstić information content (AvgIpc) is 3.21. The number of nitrogens with zero attached hydrogens (tertiary/aromatic N) is 2. The largest absolute Gasteiger partial charge is 0.390 e. The number of nitrogens with one attached hydrogen (secondary N) is 1. The van der Waals surface area contributed by atoms with Crippen molar-refractivity contribution in [2.75, 3.05) is 42.5 Å². The average molecular weight is 510 g/mol. The standard InChI is InChI=1S/C26H43N3OS3/c1-6-22(33-27-21-9-7-20(2)8-10-21)15-23-16-29(19-32-23)24(17-31)25(3,4)18-28-13-11-26(5,30)12-14-28/h7-10,15,22,24,27,30-31H,6,11-14,16-19H2,1-5H3/b23-15+/t22?,24-/m0/s1. The first kappa shape index (κ1) is 27.3. The number of rotatable bonds is 10. The van der Waals surface area contributed by atoms with Crippen LogP contribution in [0.5, 0.6) is 0 Å². The summed E-state index contributed by atoms with van der Waals surface area (Å²) >= 11 is 8.59. The van der Waals surface area contributed by atoms with Gasteiger partial charge in [0.05, 0.1) is 5.60 Å². The summed E-state index contributed by atoms with van der Waals surface area (Å²) in [5.41, 5.74) is 2.11. The fourth-order valence-corrected chi connectivity index (χ4v) is 7.45. The predicted octanol–water partition coefficient (Wildman–Crippen LogP) is 5.90. The predicted molar refractivity (Wildman–Crippen MR) is 151 cm³/mol. The summed E-state index contributed by atoms with van der Waals surface area (Å²) in [4.78, 5) is 6.64. The van der Waals surface area contributed by atoms with E-state index in [9.17, 15) is 5.11 Å². The van der Waals surface area contributed by atoms with Crippen molar-refractivity contribution in [2.45, 2.75) is 70.8 Å². The van der Waals surface area contributed by atoms with Crippen LogP contribution < -0.4 is 4.72 Å². The first-order valence-electron chi connectivity index (χ1n) is 12.2. The van der Waals surface area contributed by atoms with Gasteiger partial charge in [0.2, 0.25) is 0 Å². The van der Waals surface area contributed by atoms with Gasteiger partial charge in [-0.25, -0.2) is 0 Å². The Bertz CT molecular complexity index is 771. The molecule has 0 saturated carbocycles. The quantitative estimate of drug-likeness (QED) is 0.270. The lowest BCUT2D eigenvalue weighted by Crippen LogP contribution is -2.53. The summed E-state index contributed by atoms with van der Waals surface area (Å²) in [5, 5.41) is 10.7. The molecule has 1 aromatic rings. The van der Waals surface area contributed by atoms with Crippen LogP contribution in [-0.2, 0) is 0 Å². The van der Waals surface area contributed by atoms with Crippen LogP contribution in [0.25, 0.3) is 0 Å². The van der Waals surface area contributed by atoms with Crippen molar-refractivity contribution >= 4 is 42.0 Å². The van der Waals surface area contributed by atoms with Crippen molar-refractivity contribution in [3.05, 3.63) is 40.8 Å². The Kier molecular flexibility index (Phi) is 9.99. The lowest BCUT2D eigenvalue weighted by molar-refractivity contribution is -0.0199. The number of hydrogen-bond acceptors (Lipinski definition) is 7. The minimum absolute atomic E-state index is 0.146. The number of hydrogen-bond donors (Lipinski definition) is 3. The molecular formula is C26H43N3OS3. The Morgan fingerprint density at radius 1 is 1.27 bits per heavy atom. The number of anilines is 1. The van der Waals surface area contributed by atoms with E-state index in [1.807, 2.05) is 30.6 Å². The van der Waals surface area contributed by atoms with Gasteiger partial charge in [-0.05, 0) is 67.5 Å². The SMILES string of the molecule is CCC(/C=C1\CN([C@@H](CS)C(C)(C)CN2CCC(C)(O)CC2)CS1)SNc1ccc(C)cc1. The van der Waals surface area contributed by atoms with E-state index in [1.165, 1.54) is 16.2 Å². The highest BCUT2D eigenvalue weighted by Crippen LogP contribution is 2.37. The number of benzene rings is 1. The molecule has 0 aromatic heterocycles. The maximum absolute atomic E-state index is 10.3. The second-order valence-electron chi connectivity index (χ2n) is 10.6. The summed E-state index contributed by atoms with van der Waals surface area (Å²) in [6.45, 7) is 15.2. The Hall–Kier alpha value is -0.310. The van der Waals surface area contributed by atoms with Crippen LogP contribution in [0.3, 0.4) is 0 Å². The lowest BCUT2D eigenvalue weighted by Gasteiger charge is -2.44. The van der Waals surface area contributed by atoms with Crippen LogP contribution in [0.1, 0.15) is 52.5 Å². The Morgan fingerprint density at radius 3 is 2.55 bits per heavy atom. The maximum atomic E-state index is 10.3. The second-order valence-corrected chi connectivity index (χ2v) is 13.1. The Balaban J connectivity index is 1.55.